The Hall–Kier alpha value is -1.35. The van der Waals surface area contributed by atoms with E-state index in [1.165, 1.54) is 25.9 Å². The molecule has 2 unspecified atom stereocenters. The number of hydrogen-bond acceptors (Lipinski definition) is 2. The second-order valence-corrected chi connectivity index (χ2v) is 5.49. The standard InChI is InChI=1S/C15H21N3/c1-11(12-5-4-8-16-10-12)9-15-17-13-6-2-3-7-14(13)18-15/h2-3,6-7,11-12,16H,4-5,8-10H2,1H3,(H,17,18). The summed E-state index contributed by atoms with van der Waals surface area (Å²) < 4.78 is 0. The Balaban J connectivity index is 1.71. The Bertz CT molecular complexity index is 478. The number of aromatic nitrogens is 2. The third-order valence-corrected chi connectivity index (χ3v) is 4.09. The molecule has 2 N–H and O–H groups in total. The average Bonchev–Trinajstić information content (AvgIpc) is 2.82. The van der Waals surface area contributed by atoms with E-state index in [1.54, 1.807) is 0 Å². The predicted octanol–water partition coefficient (Wildman–Crippen LogP) is 2.74. The van der Waals surface area contributed by atoms with Gasteiger partial charge in [-0.15, -0.1) is 0 Å². The van der Waals surface area contributed by atoms with Crippen molar-refractivity contribution < 1.29 is 0 Å². The van der Waals surface area contributed by atoms with Crippen LogP contribution in [-0.4, -0.2) is 23.1 Å². The number of para-hydroxylation sites is 2. The minimum Gasteiger partial charge on any atom is -0.342 e. The number of benzene rings is 1. The van der Waals surface area contributed by atoms with Gasteiger partial charge in [0.2, 0.25) is 0 Å². The molecule has 96 valence electrons. The molecule has 2 aromatic rings. The molecule has 1 aliphatic heterocycles. The van der Waals surface area contributed by atoms with Crippen LogP contribution in [0.4, 0.5) is 0 Å². The number of H-pyrrole nitrogens is 1. The van der Waals surface area contributed by atoms with Crippen molar-refractivity contribution >= 4 is 11.0 Å². The molecule has 0 radical (unpaired) electrons. The van der Waals surface area contributed by atoms with E-state index in [4.69, 9.17) is 0 Å². The SMILES string of the molecule is CC(Cc1nc2ccccc2[nH]1)C1CCCNC1. The summed E-state index contributed by atoms with van der Waals surface area (Å²) in [7, 11) is 0. The second kappa shape index (κ2) is 5.11. The second-order valence-electron chi connectivity index (χ2n) is 5.49. The fraction of sp³-hybridized carbons (Fsp3) is 0.533. The Morgan fingerprint density at radius 1 is 1.39 bits per heavy atom. The van der Waals surface area contributed by atoms with E-state index in [2.05, 4.69) is 40.4 Å². The largest absolute Gasteiger partial charge is 0.342 e. The van der Waals surface area contributed by atoms with Crippen molar-refractivity contribution in [3.05, 3.63) is 30.1 Å². The summed E-state index contributed by atoms with van der Waals surface area (Å²) >= 11 is 0. The Morgan fingerprint density at radius 3 is 3.06 bits per heavy atom. The van der Waals surface area contributed by atoms with E-state index in [9.17, 15) is 0 Å². The van der Waals surface area contributed by atoms with Gasteiger partial charge in [0, 0.05) is 6.42 Å². The summed E-state index contributed by atoms with van der Waals surface area (Å²) in [5.74, 6) is 2.62. The highest BCUT2D eigenvalue weighted by atomic mass is 14.9. The summed E-state index contributed by atoms with van der Waals surface area (Å²) in [5, 5.41) is 3.50. The minimum atomic E-state index is 0.693. The number of piperidine rings is 1. The molecule has 0 amide bonds. The van der Waals surface area contributed by atoms with Gasteiger partial charge in [-0.05, 0) is 49.9 Å². The number of rotatable bonds is 3. The molecule has 0 spiro atoms. The van der Waals surface area contributed by atoms with Crippen molar-refractivity contribution in [3.63, 3.8) is 0 Å². The van der Waals surface area contributed by atoms with Gasteiger partial charge in [0.05, 0.1) is 11.0 Å². The van der Waals surface area contributed by atoms with Crippen LogP contribution in [0, 0.1) is 11.8 Å². The molecule has 1 fully saturated rings. The zero-order valence-electron chi connectivity index (χ0n) is 10.9. The molecule has 3 nitrogen and oxygen atoms in total. The van der Waals surface area contributed by atoms with Crippen LogP contribution in [0.25, 0.3) is 11.0 Å². The number of imidazole rings is 1. The van der Waals surface area contributed by atoms with E-state index >= 15 is 0 Å². The number of aromatic amines is 1. The Kier molecular flexibility index (Phi) is 3.33. The first-order chi connectivity index (χ1) is 8.83. The zero-order chi connectivity index (χ0) is 12.4. The van der Waals surface area contributed by atoms with Crippen LogP contribution >= 0.6 is 0 Å². The minimum absolute atomic E-state index is 0.693. The maximum absolute atomic E-state index is 4.67. The maximum Gasteiger partial charge on any atom is 0.107 e. The summed E-state index contributed by atoms with van der Waals surface area (Å²) in [6.07, 6.45) is 3.73. The molecule has 2 heterocycles. The summed E-state index contributed by atoms with van der Waals surface area (Å²) in [5.41, 5.74) is 2.24. The lowest BCUT2D eigenvalue weighted by Gasteiger charge is -2.27. The van der Waals surface area contributed by atoms with Crippen LogP contribution in [0.5, 0.6) is 0 Å². The fourth-order valence-corrected chi connectivity index (χ4v) is 2.94. The smallest absolute Gasteiger partial charge is 0.107 e. The molecule has 1 aromatic heterocycles. The van der Waals surface area contributed by atoms with Crippen molar-refractivity contribution in [2.24, 2.45) is 11.8 Å². The number of hydrogen-bond donors (Lipinski definition) is 2. The third kappa shape index (κ3) is 2.41. The summed E-state index contributed by atoms with van der Waals surface area (Å²) in [6.45, 7) is 4.71. The molecule has 1 saturated heterocycles. The van der Waals surface area contributed by atoms with Crippen LogP contribution in [0.15, 0.2) is 24.3 Å². The molecule has 3 rings (SSSR count). The third-order valence-electron chi connectivity index (χ3n) is 4.09. The molecule has 3 heteroatoms. The molecule has 2 atom stereocenters. The molecule has 18 heavy (non-hydrogen) atoms. The van der Waals surface area contributed by atoms with Gasteiger partial charge in [-0.1, -0.05) is 19.1 Å². The topological polar surface area (TPSA) is 40.7 Å². The molecule has 0 saturated carbocycles. The zero-order valence-corrected chi connectivity index (χ0v) is 10.9. The van der Waals surface area contributed by atoms with Crippen molar-refractivity contribution in [2.75, 3.05) is 13.1 Å². The van der Waals surface area contributed by atoms with E-state index in [1.807, 2.05) is 6.07 Å². The quantitative estimate of drug-likeness (QED) is 0.870. The normalized spacial score (nSPS) is 22.2. The van der Waals surface area contributed by atoms with E-state index < -0.39 is 0 Å². The summed E-state index contributed by atoms with van der Waals surface area (Å²) in [4.78, 5) is 8.11. The molecule has 0 aliphatic carbocycles. The van der Waals surface area contributed by atoms with Gasteiger partial charge in [0.15, 0.2) is 0 Å². The van der Waals surface area contributed by atoms with Crippen molar-refractivity contribution in [1.82, 2.24) is 15.3 Å². The van der Waals surface area contributed by atoms with Crippen molar-refractivity contribution in [2.45, 2.75) is 26.2 Å². The molecule has 0 bridgehead atoms. The average molecular weight is 243 g/mol. The predicted molar refractivity (Wildman–Crippen MR) is 74.6 cm³/mol. The fourth-order valence-electron chi connectivity index (χ4n) is 2.94. The van der Waals surface area contributed by atoms with Crippen LogP contribution in [0.3, 0.4) is 0 Å². The van der Waals surface area contributed by atoms with Crippen LogP contribution in [0.1, 0.15) is 25.6 Å². The van der Waals surface area contributed by atoms with Gasteiger partial charge in [-0.3, -0.25) is 0 Å². The molecular weight excluding hydrogens is 222 g/mol. The summed E-state index contributed by atoms with van der Waals surface area (Å²) in [6, 6.07) is 8.26. The van der Waals surface area contributed by atoms with Gasteiger partial charge < -0.3 is 10.3 Å². The van der Waals surface area contributed by atoms with E-state index in [-0.39, 0.29) is 0 Å². The maximum atomic E-state index is 4.67. The van der Waals surface area contributed by atoms with Gasteiger partial charge in [-0.2, -0.15) is 0 Å². The van der Waals surface area contributed by atoms with Gasteiger partial charge in [0.25, 0.3) is 0 Å². The Morgan fingerprint density at radius 2 is 2.28 bits per heavy atom. The Labute approximate surface area is 108 Å². The molecular formula is C15H21N3. The first-order valence-corrected chi connectivity index (χ1v) is 6.97. The monoisotopic (exact) mass is 243 g/mol. The van der Waals surface area contributed by atoms with Gasteiger partial charge >= 0.3 is 0 Å². The van der Waals surface area contributed by atoms with Crippen LogP contribution < -0.4 is 5.32 Å². The van der Waals surface area contributed by atoms with Gasteiger partial charge in [-0.25, -0.2) is 4.98 Å². The van der Waals surface area contributed by atoms with E-state index in [0.717, 1.165) is 29.2 Å². The number of nitrogens with zero attached hydrogens (tertiary/aromatic N) is 1. The highest BCUT2D eigenvalue weighted by molar-refractivity contribution is 5.74. The van der Waals surface area contributed by atoms with Crippen molar-refractivity contribution in [1.29, 1.82) is 0 Å². The van der Waals surface area contributed by atoms with Crippen molar-refractivity contribution in [3.8, 4) is 0 Å². The first kappa shape index (κ1) is 11.7. The van der Waals surface area contributed by atoms with Crippen LogP contribution in [-0.2, 0) is 6.42 Å². The number of fused-ring (bicyclic) bond motifs is 1. The lowest BCUT2D eigenvalue weighted by atomic mass is 9.85. The lowest BCUT2D eigenvalue weighted by molar-refractivity contribution is 0.276. The van der Waals surface area contributed by atoms with E-state index in [0.29, 0.717) is 5.92 Å². The number of nitrogens with one attached hydrogen (secondary N) is 2. The van der Waals surface area contributed by atoms with Gasteiger partial charge in [0.1, 0.15) is 5.82 Å². The highest BCUT2D eigenvalue weighted by Gasteiger charge is 2.20. The lowest BCUT2D eigenvalue weighted by Crippen LogP contribution is -2.34. The first-order valence-electron chi connectivity index (χ1n) is 6.97. The highest BCUT2D eigenvalue weighted by Crippen LogP contribution is 2.23. The molecule has 1 aromatic carbocycles. The van der Waals surface area contributed by atoms with Crippen LogP contribution in [0.2, 0.25) is 0 Å². The molecule has 1 aliphatic rings.